The number of halogens is 2. The highest BCUT2D eigenvalue weighted by Gasteiger charge is 2.05. The smallest absolute Gasteiger partial charge is 0.161 e. The predicted molar refractivity (Wildman–Crippen MR) is 99.6 cm³/mol. The second kappa shape index (κ2) is 9.21. The Morgan fingerprint density at radius 2 is 1.92 bits per heavy atom. The first-order valence-electron chi connectivity index (χ1n) is 7.26. The molecule has 0 heterocycles. The first kappa shape index (κ1) is 18.2. The minimum absolute atomic E-state index is 0.421. The molecule has 0 aromatic heterocycles. The molecular weight excluding hydrogens is 347 g/mol. The molecular formula is C18H18Cl2N2O2. The molecule has 0 aliphatic rings. The van der Waals surface area contributed by atoms with Crippen molar-refractivity contribution >= 4 is 29.4 Å². The van der Waals surface area contributed by atoms with Gasteiger partial charge in [0, 0.05) is 15.6 Å². The van der Waals surface area contributed by atoms with Crippen LogP contribution in [0.3, 0.4) is 0 Å². The van der Waals surface area contributed by atoms with E-state index in [0.29, 0.717) is 34.7 Å². The maximum Gasteiger partial charge on any atom is 0.161 e. The van der Waals surface area contributed by atoms with Crippen molar-refractivity contribution < 1.29 is 9.47 Å². The van der Waals surface area contributed by atoms with Crippen LogP contribution in [0.5, 0.6) is 11.5 Å². The number of benzene rings is 2. The summed E-state index contributed by atoms with van der Waals surface area (Å²) in [5.74, 6) is 1.29. The fraction of sp³-hybridized carbons (Fsp3) is 0.167. The first-order chi connectivity index (χ1) is 11.7. The van der Waals surface area contributed by atoms with Crippen LogP contribution < -0.4 is 14.9 Å². The van der Waals surface area contributed by atoms with Gasteiger partial charge in [0.05, 0.1) is 19.9 Å². The monoisotopic (exact) mass is 364 g/mol. The maximum absolute atomic E-state index is 6.11. The van der Waals surface area contributed by atoms with Gasteiger partial charge in [-0.25, -0.2) is 0 Å². The van der Waals surface area contributed by atoms with Gasteiger partial charge in [-0.3, -0.25) is 0 Å². The van der Waals surface area contributed by atoms with E-state index in [2.05, 4.69) is 17.1 Å². The van der Waals surface area contributed by atoms with E-state index in [9.17, 15) is 0 Å². The van der Waals surface area contributed by atoms with Crippen molar-refractivity contribution in [2.24, 2.45) is 5.10 Å². The predicted octanol–water partition coefficient (Wildman–Crippen LogP) is 4.69. The van der Waals surface area contributed by atoms with Crippen LogP contribution >= 0.6 is 23.2 Å². The zero-order valence-corrected chi connectivity index (χ0v) is 14.8. The zero-order chi connectivity index (χ0) is 17.4. The summed E-state index contributed by atoms with van der Waals surface area (Å²) in [7, 11) is 1.59. The fourth-order valence-electron chi connectivity index (χ4n) is 1.98. The summed E-state index contributed by atoms with van der Waals surface area (Å²) in [6.45, 7) is 4.48. The number of nitrogens with zero attached hydrogens (tertiary/aromatic N) is 1. The highest BCUT2D eigenvalue weighted by molar-refractivity contribution is 6.35. The van der Waals surface area contributed by atoms with Crippen LogP contribution in [0.1, 0.15) is 11.1 Å². The molecule has 0 aliphatic carbocycles. The fourth-order valence-corrected chi connectivity index (χ4v) is 2.51. The molecule has 2 aromatic carbocycles. The van der Waals surface area contributed by atoms with Crippen molar-refractivity contribution in [2.45, 2.75) is 6.54 Å². The Morgan fingerprint density at radius 1 is 1.17 bits per heavy atom. The third kappa shape index (κ3) is 4.91. The van der Waals surface area contributed by atoms with E-state index < -0.39 is 0 Å². The molecule has 0 fully saturated rings. The van der Waals surface area contributed by atoms with E-state index in [4.69, 9.17) is 32.7 Å². The highest BCUT2D eigenvalue weighted by Crippen LogP contribution is 2.27. The van der Waals surface area contributed by atoms with Crippen LogP contribution in [0, 0.1) is 0 Å². The molecule has 0 bridgehead atoms. The van der Waals surface area contributed by atoms with Gasteiger partial charge in [0.25, 0.3) is 0 Å². The minimum atomic E-state index is 0.421. The molecule has 4 nitrogen and oxygen atoms in total. The zero-order valence-electron chi connectivity index (χ0n) is 13.3. The second-order valence-corrected chi connectivity index (χ2v) is 5.62. The summed E-state index contributed by atoms with van der Waals surface area (Å²) in [6.07, 6.45) is 3.36. The molecule has 0 spiro atoms. The summed E-state index contributed by atoms with van der Waals surface area (Å²) >= 11 is 12.2. The molecule has 24 heavy (non-hydrogen) atoms. The van der Waals surface area contributed by atoms with Crippen LogP contribution in [0.2, 0.25) is 10.0 Å². The van der Waals surface area contributed by atoms with Crippen molar-refractivity contribution in [3.05, 3.63) is 70.2 Å². The van der Waals surface area contributed by atoms with Crippen molar-refractivity contribution in [3.63, 3.8) is 0 Å². The summed E-state index contributed by atoms with van der Waals surface area (Å²) in [6, 6.07) is 10.9. The minimum Gasteiger partial charge on any atom is -0.493 e. The number of hydrogen-bond donors (Lipinski definition) is 1. The summed E-state index contributed by atoms with van der Waals surface area (Å²) < 4.78 is 10.8. The third-order valence-corrected chi connectivity index (χ3v) is 3.88. The molecule has 6 heteroatoms. The van der Waals surface area contributed by atoms with Gasteiger partial charge in [-0.2, -0.15) is 5.10 Å². The lowest BCUT2D eigenvalue weighted by Gasteiger charge is -2.09. The van der Waals surface area contributed by atoms with Crippen molar-refractivity contribution in [1.29, 1.82) is 0 Å². The molecule has 0 amide bonds. The van der Waals surface area contributed by atoms with Gasteiger partial charge in [0.2, 0.25) is 0 Å². The Kier molecular flexibility index (Phi) is 6.97. The first-order valence-corrected chi connectivity index (χ1v) is 8.02. The topological polar surface area (TPSA) is 42.8 Å². The van der Waals surface area contributed by atoms with Gasteiger partial charge in [0.15, 0.2) is 11.5 Å². The Morgan fingerprint density at radius 3 is 2.58 bits per heavy atom. The largest absolute Gasteiger partial charge is 0.493 e. The van der Waals surface area contributed by atoms with Crippen LogP contribution in [0.15, 0.2) is 54.2 Å². The van der Waals surface area contributed by atoms with E-state index in [1.54, 1.807) is 37.6 Å². The maximum atomic E-state index is 6.11. The van der Waals surface area contributed by atoms with E-state index in [1.165, 1.54) is 0 Å². The summed E-state index contributed by atoms with van der Waals surface area (Å²) in [5, 5.41) is 5.40. The van der Waals surface area contributed by atoms with Gasteiger partial charge in [0.1, 0.15) is 6.61 Å². The molecule has 2 rings (SSSR count). The molecule has 0 aliphatic heterocycles. The lowest BCUT2D eigenvalue weighted by atomic mass is 10.2. The Labute approximate surface area is 151 Å². The molecule has 0 saturated heterocycles. The third-order valence-electron chi connectivity index (χ3n) is 3.17. The molecule has 0 saturated carbocycles. The number of hydrogen-bond acceptors (Lipinski definition) is 4. The van der Waals surface area contributed by atoms with E-state index >= 15 is 0 Å². The van der Waals surface area contributed by atoms with E-state index in [-0.39, 0.29) is 0 Å². The molecule has 1 N–H and O–H groups in total. The number of hydrazone groups is 1. The van der Waals surface area contributed by atoms with Gasteiger partial charge < -0.3 is 14.9 Å². The Balaban J connectivity index is 2.00. The van der Waals surface area contributed by atoms with Crippen LogP contribution in [0.4, 0.5) is 0 Å². The molecule has 0 atom stereocenters. The summed E-state index contributed by atoms with van der Waals surface area (Å²) in [4.78, 5) is 0. The Bertz CT molecular complexity index is 713. The molecule has 126 valence electrons. The molecule has 0 unspecified atom stereocenters. The lowest BCUT2D eigenvalue weighted by molar-refractivity contribution is 0.326. The van der Waals surface area contributed by atoms with Crippen molar-refractivity contribution in [1.82, 2.24) is 5.43 Å². The van der Waals surface area contributed by atoms with Gasteiger partial charge in [-0.1, -0.05) is 41.9 Å². The van der Waals surface area contributed by atoms with Crippen LogP contribution in [-0.2, 0) is 6.54 Å². The Hall–Kier alpha value is -2.17. The molecule has 0 radical (unpaired) electrons. The van der Waals surface area contributed by atoms with Crippen molar-refractivity contribution in [3.8, 4) is 11.5 Å². The van der Waals surface area contributed by atoms with Crippen LogP contribution in [0.25, 0.3) is 0 Å². The normalized spacial score (nSPS) is 10.6. The van der Waals surface area contributed by atoms with E-state index in [0.717, 1.165) is 11.1 Å². The molecule has 2 aromatic rings. The van der Waals surface area contributed by atoms with Gasteiger partial charge in [-0.15, -0.1) is 0 Å². The standard InChI is InChI=1S/C18H18Cl2N2O2/c1-3-9-24-17-8-7-13(10-18(17)23-2)11-21-22-12-14-15(19)5-4-6-16(14)20/h3-8,10-11,22H,1,9,12H2,2H3/b21-11+. The van der Waals surface area contributed by atoms with Crippen LogP contribution in [-0.4, -0.2) is 19.9 Å². The summed E-state index contributed by atoms with van der Waals surface area (Å²) in [5.41, 5.74) is 4.61. The average molecular weight is 365 g/mol. The highest BCUT2D eigenvalue weighted by atomic mass is 35.5. The SMILES string of the molecule is C=CCOc1ccc(/C=N/NCc2c(Cl)cccc2Cl)cc1OC. The lowest BCUT2D eigenvalue weighted by Crippen LogP contribution is -2.06. The van der Waals surface area contributed by atoms with Crippen molar-refractivity contribution in [2.75, 3.05) is 13.7 Å². The van der Waals surface area contributed by atoms with Gasteiger partial charge >= 0.3 is 0 Å². The van der Waals surface area contributed by atoms with E-state index in [1.807, 2.05) is 18.2 Å². The number of rotatable bonds is 8. The average Bonchev–Trinajstić information content (AvgIpc) is 2.59. The van der Waals surface area contributed by atoms with Gasteiger partial charge in [-0.05, 0) is 35.9 Å². The number of ether oxygens (including phenoxy) is 2. The second-order valence-electron chi connectivity index (χ2n) is 4.80. The quantitative estimate of drug-likeness (QED) is 0.419. The number of nitrogens with one attached hydrogen (secondary N) is 1. The number of methoxy groups -OCH3 is 1.